The van der Waals surface area contributed by atoms with Crippen molar-refractivity contribution in [2.24, 2.45) is 11.8 Å². The lowest BCUT2D eigenvalue weighted by atomic mass is 9.78. The fraction of sp³-hybridized carbons (Fsp3) is 0.636. The average molecular weight is 382 g/mol. The smallest absolute Gasteiger partial charge is 0.200 e. The fourth-order valence-corrected chi connectivity index (χ4v) is 3.97. The molecule has 0 aromatic heterocycles. The van der Waals surface area contributed by atoms with Crippen molar-refractivity contribution in [3.05, 3.63) is 42.0 Å². The molecule has 1 aromatic rings. The van der Waals surface area contributed by atoms with Gasteiger partial charge in [-0.25, -0.2) is 4.39 Å². The van der Waals surface area contributed by atoms with E-state index >= 15 is 0 Å². The van der Waals surface area contributed by atoms with E-state index in [0.29, 0.717) is 5.92 Å². The molecule has 27 heavy (non-hydrogen) atoms. The molecule has 2 unspecified atom stereocenters. The molecule has 3 nitrogen and oxygen atoms in total. The lowest BCUT2D eigenvalue weighted by Gasteiger charge is -2.32. The summed E-state index contributed by atoms with van der Waals surface area (Å²) in [6, 6.07) is 2.68. The molecule has 0 heterocycles. The lowest BCUT2D eigenvalue weighted by molar-refractivity contribution is -0.0244. The average Bonchev–Trinajstić information content (AvgIpc) is 2.67. The zero-order valence-corrected chi connectivity index (χ0v) is 16.4. The second-order valence-corrected chi connectivity index (χ2v) is 7.33. The highest BCUT2D eigenvalue weighted by molar-refractivity contribution is 5.32. The van der Waals surface area contributed by atoms with Crippen LogP contribution in [0.1, 0.15) is 64.0 Å². The van der Waals surface area contributed by atoms with Crippen molar-refractivity contribution < 1.29 is 23.4 Å². The van der Waals surface area contributed by atoms with Crippen molar-refractivity contribution >= 4 is 0 Å². The Hall–Kier alpha value is -1.46. The standard InChI is InChI=1S/C22H32F2O3/c1-4-7-15-8-10-16(11-9-15)19(5-2)27-14-18(25)17-12-13-20(26-6-3)22(24)21(17)23/h5,12-13,15-16,18-19,25H,2,4,6-11,14H2,1,3H3. The van der Waals surface area contributed by atoms with Gasteiger partial charge in [0.05, 0.1) is 19.3 Å². The van der Waals surface area contributed by atoms with E-state index in [1.54, 1.807) is 13.0 Å². The Morgan fingerprint density at radius 2 is 1.89 bits per heavy atom. The highest BCUT2D eigenvalue weighted by Crippen LogP contribution is 2.35. The van der Waals surface area contributed by atoms with Crippen LogP contribution < -0.4 is 4.74 Å². The van der Waals surface area contributed by atoms with Gasteiger partial charge in [-0.1, -0.05) is 38.7 Å². The number of ether oxygens (including phenoxy) is 2. The zero-order chi connectivity index (χ0) is 19.8. The summed E-state index contributed by atoms with van der Waals surface area (Å²) in [5.41, 5.74) is -0.120. The molecule has 0 amide bonds. The van der Waals surface area contributed by atoms with E-state index in [0.717, 1.165) is 18.8 Å². The molecule has 0 spiro atoms. The van der Waals surface area contributed by atoms with Crippen LogP contribution in [0.2, 0.25) is 0 Å². The first-order valence-corrected chi connectivity index (χ1v) is 10.0. The monoisotopic (exact) mass is 382 g/mol. The van der Waals surface area contributed by atoms with Crippen LogP contribution in [0.25, 0.3) is 0 Å². The summed E-state index contributed by atoms with van der Waals surface area (Å²) in [6.45, 7) is 7.89. The summed E-state index contributed by atoms with van der Waals surface area (Å²) in [6.07, 6.45) is 7.34. The van der Waals surface area contributed by atoms with Crippen molar-refractivity contribution in [1.29, 1.82) is 0 Å². The van der Waals surface area contributed by atoms with Crippen LogP contribution in [-0.2, 0) is 4.74 Å². The Labute approximate surface area is 161 Å². The molecular formula is C22H32F2O3. The molecule has 0 bridgehead atoms. The Balaban J connectivity index is 1.93. The minimum absolute atomic E-state index is 0.101. The van der Waals surface area contributed by atoms with Crippen molar-refractivity contribution in [3.8, 4) is 5.75 Å². The van der Waals surface area contributed by atoms with Crippen molar-refractivity contribution in [2.75, 3.05) is 13.2 Å². The van der Waals surface area contributed by atoms with Gasteiger partial charge in [-0.15, -0.1) is 6.58 Å². The number of rotatable bonds is 10. The molecule has 1 N–H and O–H groups in total. The van der Waals surface area contributed by atoms with E-state index in [1.807, 2.05) is 0 Å². The van der Waals surface area contributed by atoms with Gasteiger partial charge >= 0.3 is 0 Å². The fourth-order valence-electron chi connectivity index (χ4n) is 3.97. The lowest BCUT2D eigenvalue weighted by Crippen LogP contribution is -2.28. The van der Waals surface area contributed by atoms with Crippen molar-refractivity contribution in [1.82, 2.24) is 0 Å². The summed E-state index contributed by atoms with van der Waals surface area (Å²) in [7, 11) is 0. The normalized spacial score (nSPS) is 22.3. The number of aliphatic hydroxyl groups excluding tert-OH is 1. The number of hydrogen-bond acceptors (Lipinski definition) is 3. The second-order valence-electron chi connectivity index (χ2n) is 7.33. The number of halogens is 2. The number of benzene rings is 1. The molecule has 2 atom stereocenters. The maximum Gasteiger partial charge on any atom is 0.200 e. The van der Waals surface area contributed by atoms with Gasteiger partial charge in [-0.3, -0.25) is 0 Å². The number of hydrogen-bond donors (Lipinski definition) is 1. The highest BCUT2D eigenvalue weighted by atomic mass is 19.2. The molecule has 0 saturated heterocycles. The third-order valence-corrected chi connectivity index (χ3v) is 5.47. The maximum atomic E-state index is 14.2. The van der Waals surface area contributed by atoms with Crippen LogP contribution in [-0.4, -0.2) is 24.4 Å². The van der Waals surface area contributed by atoms with E-state index in [1.165, 1.54) is 37.8 Å². The summed E-state index contributed by atoms with van der Waals surface area (Å²) < 4.78 is 39.1. The molecule has 1 aliphatic carbocycles. The van der Waals surface area contributed by atoms with Crippen LogP contribution >= 0.6 is 0 Å². The van der Waals surface area contributed by atoms with Crippen molar-refractivity contribution in [2.45, 2.75) is 64.6 Å². The summed E-state index contributed by atoms with van der Waals surface area (Å²) in [4.78, 5) is 0. The highest BCUT2D eigenvalue weighted by Gasteiger charge is 2.27. The third-order valence-electron chi connectivity index (χ3n) is 5.47. The van der Waals surface area contributed by atoms with Crippen LogP contribution in [0.3, 0.4) is 0 Å². The molecule has 1 aromatic carbocycles. The van der Waals surface area contributed by atoms with Crippen LogP contribution in [0, 0.1) is 23.5 Å². The van der Waals surface area contributed by atoms with Gasteiger partial charge in [-0.05, 0) is 43.7 Å². The first-order valence-electron chi connectivity index (χ1n) is 10.0. The molecule has 0 radical (unpaired) electrons. The van der Waals surface area contributed by atoms with E-state index in [-0.39, 0.29) is 30.6 Å². The Morgan fingerprint density at radius 3 is 2.48 bits per heavy atom. The SMILES string of the molecule is C=CC(OCC(O)c1ccc(OCC)c(F)c1F)C1CCC(CCC)CC1. The predicted octanol–water partition coefficient (Wildman–Crippen LogP) is 5.57. The van der Waals surface area contributed by atoms with Crippen LogP contribution in [0.15, 0.2) is 24.8 Å². The minimum atomic E-state index is -1.24. The van der Waals surface area contributed by atoms with Gasteiger partial charge in [0.2, 0.25) is 5.82 Å². The Morgan fingerprint density at radius 1 is 1.19 bits per heavy atom. The summed E-state index contributed by atoms with van der Waals surface area (Å²) in [5.74, 6) is -1.16. The molecule has 1 aliphatic rings. The van der Waals surface area contributed by atoms with Gasteiger partial charge in [0.1, 0.15) is 6.10 Å². The maximum absolute atomic E-state index is 14.2. The zero-order valence-electron chi connectivity index (χ0n) is 16.4. The summed E-state index contributed by atoms with van der Waals surface area (Å²) >= 11 is 0. The Bertz CT molecular complexity index is 597. The quantitative estimate of drug-likeness (QED) is 0.537. The topological polar surface area (TPSA) is 38.7 Å². The number of aliphatic hydroxyl groups is 1. The van der Waals surface area contributed by atoms with E-state index in [4.69, 9.17) is 9.47 Å². The molecular weight excluding hydrogens is 350 g/mol. The summed E-state index contributed by atoms with van der Waals surface area (Å²) in [5, 5.41) is 10.3. The van der Waals surface area contributed by atoms with E-state index < -0.39 is 17.7 Å². The van der Waals surface area contributed by atoms with E-state index in [9.17, 15) is 13.9 Å². The van der Waals surface area contributed by atoms with Gasteiger partial charge < -0.3 is 14.6 Å². The van der Waals surface area contributed by atoms with Gasteiger partial charge in [-0.2, -0.15) is 4.39 Å². The predicted molar refractivity (Wildman–Crippen MR) is 103 cm³/mol. The van der Waals surface area contributed by atoms with Gasteiger partial charge in [0, 0.05) is 5.56 Å². The molecule has 0 aliphatic heterocycles. The van der Waals surface area contributed by atoms with Crippen LogP contribution in [0.5, 0.6) is 5.75 Å². The van der Waals surface area contributed by atoms with Gasteiger partial charge in [0.15, 0.2) is 11.6 Å². The van der Waals surface area contributed by atoms with Gasteiger partial charge in [0.25, 0.3) is 0 Å². The third kappa shape index (κ3) is 5.76. The molecule has 1 fully saturated rings. The Kier molecular flexibility index (Phi) is 8.71. The minimum Gasteiger partial charge on any atom is -0.491 e. The first kappa shape index (κ1) is 21.8. The van der Waals surface area contributed by atoms with E-state index in [2.05, 4.69) is 13.5 Å². The molecule has 1 saturated carbocycles. The largest absolute Gasteiger partial charge is 0.491 e. The molecule has 2 rings (SSSR count). The molecule has 152 valence electrons. The first-order chi connectivity index (χ1) is 13.0. The van der Waals surface area contributed by atoms with Crippen LogP contribution in [0.4, 0.5) is 8.78 Å². The van der Waals surface area contributed by atoms with Crippen molar-refractivity contribution in [3.63, 3.8) is 0 Å². The second kappa shape index (κ2) is 10.8. The molecule has 5 heteroatoms.